The van der Waals surface area contributed by atoms with Crippen LogP contribution in [0, 0.1) is 5.92 Å². The van der Waals surface area contributed by atoms with E-state index in [4.69, 9.17) is 4.74 Å². The van der Waals surface area contributed by atoms with Gasteiger partial charge in [0, 0.05) is 24.3 Å². The van der Waals surface area contributed by atoms with E-state index in [1.165, 1.54) is 56.3 Å². The Hall–Kier alpha value is -1.22. The SMILES string of the molecule is CC(C)CCC1CCc2ccc(OC3CCCN(C)CC3)cc2N1. The first-order valence-electron chi connectivity index (χ1n) is 9.85. The second-order valence-electron chi connectivity index (χ2n) is 8.14. The van der Waals surface area contributed by atoms with Gasteiger partial charge in [0.25, 0.3) is 0 Å². The molecule has 0 bridgehead atoms. The van der Waals surface area contributed by atoms with E-state index in [0.29, 0.717) is 12.1 Å². The third kappa shape index (κ3) is 4.89. The number of rotatable bonds is 5. The third-order valence-electron chi connectivity index (χ3n) is 5.50. The highest BCUT2D eigenvalue weighted by Crippen LogP contribution is 2.31. The molecule has 3 nitrogen and oxygen atoms in total. The van der Waals surface area contributed by atoms with Gasteiger partial charge in [-0.1, -0.05) is 19.9 Å². The molecule has 0 aromatic heterocycles. The van der Waals surface area contributed by atoms with E-state index in [1.54, 1.807) is 0 Å². The van der Waals surface area contributed by atoms with Gasteiger partial charge < -0.3 is 15.0 Å². The minimum atomic E-state index is 0.369. The van der Waals surface area contributed by atoms with Crippen molar-refractivity contribution in [3.8, 4) is 5.75 Å². The van der Waals surface area contributed by atoms with Crippen molar-refractivity contribution in [2.45, 2.75) is 70.9 Å². The molecule has 2 unspecified atom stereocenters. The summed E-state index contributed by atoms with van der Waals surface area (Å²) in [6.07, 6.45) is 8.95. The Balaban J connectivity index is 1.60. The predicted octanol–water partition coefficient (Wildman–Crippen LogP) is 4.71. The van der Waals surface area contributed by atoms with E-state index in [2.05, 4.69) is 49.3 Å². The molecule has 2 atom stereocenters. The molecule has 1 N–H and O–H groups in total. The lowest BCUT2D eigenvalue weighted by Gasteiger charge is -2.28. The number of ether oxygens (including phenoxy) is 1. The Morgan fingerprint density at radius 1 is 1.21 bits per heavy atom. The lowest BCUT2D eigenvalue weighted by atomic mass is 9.93. The summed E-state index contributed by atoms with van der Waals surface area (Å²) in [4.78, 5) is 2.41. The van der Waals surface area contributed by atoms with Crippen LogP contribution < -0.4 is 10.1 Å². The Kier molecular flexibility index (Phi) is 6.04. The standard InChI is InChI=1S/C21H34N2O/c1-16(2)6-9-18-10-7-17-8-11-20(15-21(17)22-18)24-19-5-4-13-23(3)14-12-19/h8,11,15-16,18-19,22H,4-7,9-10,12-14H2,1-3H3. The quantitative estimate of drug-likeness (QED) is 0.846. The molecule has 134 valence electrons. The normalized spacial score (nSPS) is 25.0. The summed E-state index contributed by atoms with van der Waals surface area (Å²) in [5.74, 6) is 1.83. The van der Waals surface area contributed by atoms with Crippen molar-refractivity contribution in [3.63, 3.8) is 0 Å². The van der Waals surface area contributed by atoms with Gasteiger partial charge in [0.05, 0.1) is 6.10 Å². The van der Waals surface area contributed by atoms with Crippen LogP contribution in [0.15, 0.2) is 18.2 Å². The van der Waals surface area contributed by atoms with Gasteiger partial charge in [0.2, 0.25) is 0 Å². The molecule has 2 heterocycles. The van der Waals surface area contributed by atoms with Gasteiger partial charge >= 0.3 is 0 Å². The van der Waals surface area contributed by atoms with Crippen molar-refractivity contribution in [3.05, 3.63) is 23.8 Å². The molecule has 0 saturated carbocycles. The van der Waals surface area contributed by atoms with Crippen molar-refractivity contribution in [1.82, 2.24) is 4.90 Å². The lowest BCUT2D eigenvalue weighted by molar-refractivity contribution is 0.183. The zero-order valence-electron chi connectivity index (χ0n) is 15.7. The highest BCUT2D eigenvalue weighted by Gasteiger charge is 2.20. The fraction of sp³-hybridized carbons (Fsp3) is 0.714. The second kappa shape index (κ2) is 8.24. The second-order valence-corrected chi connectivity index (χ2v) is 8.14. The van der Waals surface area contributed by atoms with Gasteiger partial charge in [0.15, 0.2) is 0 Å². The molecule has 3 rings (SSSR count). The largest absolute Gasteiger partial charge is 0.490 e. The first-order valence-corrected chi connectivity index (χ1v) is 9.85. The number of anilines is 1. The number of fused-ring (bicyclic) bond motifs is 1. The van der Waals surface area contributed by atoms with Crippen molar-refractivity contribution < 1.29 is 4.74 Å². The molecule has 0 aliphatic carbocycles. The maximum atomic E-state index is 6.32. The molecule has 0 amide bonds. The van der Waals surface area contributed by atoms with Crippen LogP contribution in [-0.2, 0) is 6.42 Å². The van der Waals surface area contributed by atoms with Crippen LogP contribution in [0.2, 0.25) is 0 Å². The number of nitrogens with zero attached hydrogens (tertiary/aromatic N) is 1. The molecule has 1 aromatic carbocycles. The monoisotopic (exact) mass is 330 g/mol. The minimum Gasteiger partial charge on any atom is -0.490 e. The fourth-order valence-electron chi connectivity index (χ4n) is 3.87. The van der Waals surface area contributed by atoms with Gasteiger partial charge in [-0.25, -0.2) is 0 Å². The van der Waals surface area contributed by atoms with Crippen LogP contribution in [0.3, 0.4) is 0 Å². The molecule has 2 aliphatic rings. The molecule has 1 fully saturated rings. The molecule has 1 aromatic rings. The predicted molar refractivity (Wildman–Crippen MR) is 102 cm³/mol. The summed E-state index contributed by atoms with van der Waals surface area (Å²) in [7, 11) is 2.21. The van der Waals surface area contributed by atoms with Crippen LogP contribution in [0.5, 0.6) is 5.75 Å². The average Bonchev–Trinajstić information content (AvgIpc) is 2.77. The molecular formula is C21H34N2O. The number of likely N-dealkylation sites (tertiary alicyclic amines) is 1. The van der Waals surface area contributed by atoms with Crippen molar-refractivity contribution in [2.24, 2.45) is 5.92 Å². The Morgan fingerprint density at radius 2 is 2.08 bits per heavy atom. The zero-order chi connectivity index (χ0) is 16.9. The van der Waals surface area contributed by atoms with E-state index in [0.717, 1.165) is 24.6 Å². The third-order valence-corrected chi connectivity index (χ3v) is 5.50. The highest BCUT2D eigenvalue weighted by atomic mass is 16.5. The minimum absolute atomic E-state index is 0.369. The first kappa shape index (κ1) is 17.6. The Bertz CT molecular complexity index is 529. The van der Waals surface area contributed by atoms with E-state index in [-0.39, 0.29) is 0 Å². The summed E-state index contributed by atoms with van der Waals surface area (Å²) < 4.78 is 6.32. The van der Waals surface area contributed by atoms with Crippen LogP contribution in [0.1, 0.15) is 57.9 Å². The maximum Gasteiger partial charge on any atom is 0.121 e. The van der Waals surface area contributed by atoms with Gasteiger partial charge in [-0.15, -0.1) is 0 Å². The van der Waals surface area contributed by atoms with Crippen LogP contribution in [0.4, 0.5) is 5.69 Å². The lowest BCUT2D eigenvalue weighted by Crippen LogP contribution is -2.26. The fourth-order valence-corrected chi connectivity index (χ4v) is 3.87. The Labute approximate surface area is 147 Å². The molecule has 2 aliphatic heterocycles. The average molecular weight is 331 g/mol. The molecule has 24 heavy (non-hydrogen) atoms. The molecule has 0 spiro atoms. The smallest absolute Gasteiger partial charge is 0.121 e. The zero-order valence-corrected chi connectivity index (χ0v) is 15.7. The van der Waals surface area contributed by atoms with E-state index in [1.807, 2.05) is 0 Å². The number of benzene rings is 1. The number of hydrogen-bond acceptors (Lipinski definition) is 3. The summed E-state index contributed by atoms with van der Waals surface area (Å²) in [5, 5.41) is 3.76. The van der Waals surface area contributed by atoms with E-state index < -0.39 is 0 Å². The van der Waals surface area contributed by atoms with E-state index in [9.17, 15) is 0 Å². The number of aryl methyl sites for hydroxylation is 1. The topological polar surface area (TPSA) is 24.5 Å². The summed E-state index contributed by atoms with van der Waals surface area (Å²) in [6.45, 7) is 6.97. The van der Waals surface area contributed by atoms with E-state index >= 15 is 0 Å². The van der Waals surface area contributed by atoms with Gasteiger partial charge in [0.1, 0.15) is 5.75 Å². The summed E-state index contributed by atoms with van der Waals surface area (Å²) in [6, 6.07) is 7.30. The van der Waals surface area contributed by atoms with Crippen molar-refractivity contribution in [2.75, 3.05) is 25.5 Å². The Morgan fingerprint density at radius 3 is 2.92 bits per heavy atom. The van der Waals surface area contributed by atoms with Gasteiger partial charge in [-0.2, -0.15) is 0 Å². The van der Waals surface area contributed by atoms with Gasteiger partial charge in [-0.05, 0) is 76.1 Å². The molecular weight excluding hydrogens is 296 g/mol. The molecule has 0 radical (unpaired) electrons. The van der Waals surface area contributed by atoms with Crippen molar-refractivity contribution >= 4 is 5.69 Å². The summed E-state index contributed by atoms with van der Waals surface area (Å²) in [5.41, 5.74) is 2.75. The molecule has 3 heteroatoms. The van der Waals surface area contributed by atoms with Crippen molar-refractivity contribution in [1.29, 1.82) is 0 Å². The number of hydrogen-bond donors (Lipinski definition) is 1. The van der Waals surface area contributed by atoms with Gasteiger partial charge in [-0.3, -0.25) is 0 Å². The maximum absolute atomic E-state index is 6.32. The first-order chi connectivity index (χ1) is 11.6. The number of nitrogens with one attached hydrogen (secondary N) is 1. The summed E-state index contributed by atoms with van der Waals surface area (Å²) >= 11 is 0. The van der Waals surface area contributed by atoms with Crippen LogP contribution in [0.25, 0.3) is 0 Å². The van der Waals surface area contributed by atoms with Crippen LogP contribution in [-0.4, -0.2) is 37.2 Å². The highest BCUT2D eigenvalue weighted by molar-refractivity contribution is 5.57. The molecule has 1 saturated heterocycles. The van der Waals surface area contributed by atoms with Crippen LogP contribution >= 0.6 is 0 Å².